The maximum Gasteiger partial charge on any atom is 0.329 e. The lowest BCUT2D eigenvalue weighted by Crippen LogP contribution is -2.63. The molecule has 1 aliphatic rings. The van der Waals surface area contributed by atoms with Crippen molar-refractivity contribution in [1.82, 2.24) is 9.88 Å². The van der Waals surface area contributed by atoms with Crippen molar-refractivity contribution >= 4 is 29.3 Å². The summed E-state index contributed by atoms with van der Waals surface area (Å²) in [6.07, 6.45) is 3.16. The Morgan fingerprint density at radius 3 is 2.85 bits per heavy atom. The molecule has 1 fully saturated rings. The Labute approximate surface area is 120 Å². The van der Waals surface area contributed by atoms with Crippen molar-refractivity contribution in [3.8, 4) is 0 Å². The number of ether oxygens (including phenoxy) is 1. The lowest BCUT2D eigenvalue weighted by atomic mass is 9.96. The number of amides is 1. The van der Waals surface area contributed by atoms with Gasteiger partial charge in [-0.05, 0) is 19.9 Å². The molecular formula is C13H16N2O4S. The second-order valence-corrected chi connectivity index (χ2v) is 6.01. The van der Waals surface area contributed by atoms with Gasteiger partial charge in [-0.15, -0.1) is 11.3 Å². The van der Waals surface area contributed by atoms with Gasteiger partial charge in [-0.2, -0.15) is 0 Å². The number of aryl methyl sites for hydroxylation is 1. The SMILES string of the molecule is Cc1nc(/C=C/C(=O)N2CC(C)(OCC(=O)O)C2)cs1. The Morgan fingerprint density at radius 1 is 1.60 bits per heavy atom. The summed E-state index contributed by atoms with van der Waals surface area (Å²) in [5.74, 6) is -1.12. The van der Waals surface area contributed by atoms with Crippen molar-refractivity contribution in [2.75, 3.05) is 19.7 Å². The van der Waals surface area contributed by atoms with Gasteiger partial charge in [0.2, 0.25) is 5.91 Å². The van der Waals surface area contributed by atoms with Gasteiger partial charge in [0.05, 0.1) is 23.8 Å². The number of rotatable bonds is 5. The van der Waals surface area contributed by atoms with E-state index in [1.165, 1.54) is 17.4 Å². The fourth-order valence-corrected chi connectivity index (χ4v) is 2.54. The molecule has 0 atom stereocenters. The highest BCUT2D eigenvalue weighted by atomic mass is 32.1. The van der Waals surface area contributed by atoms with E-state index in [0.29, 0.717) is 13.1 Å². The van der Waals surface area contributed by atoms with Crippen LogP contribution in [-0.2, 0) is 14.3 Å². The van der Waals surface area contributed by atoms with Crippen LogP contribution in [0.2, 0.25) is 0 Å². The van der Waals surface area contributed by atoms with E-state index in [9.17, 15) is 9.59 Å². The quantitative estimate of drug-likeness (QED) is 0.825. The van der Waals surface area contributed by atoms with Crippen LogP contribution in [0.25, 0.3) is 6.08 Å². The van der Waals surface area contributed by atoms with Gasteiger partial charge in [-0.25, -0.2) is 9.78 Å². The maximum absolute atomic E-state index is 11.9. The number of carboxylic acid groups (broad SMARTS) is 1. The van der Waals surface area contributed by atoms with E-state index >= 15 is 0 Å². The van der Waals surface area contributed by atoms with Crippen LogP contribution in [0.4, 0.5) is 0 Å². The number of carbonyl (C=O) groups excluding carboxylic acids is 1. The van der Waals surface area contributed by atoms with Crippen molar-refractivity contribution in [1.29, 1.82) is 0 Å². The maximum atomic E-state index is 11.9. The molecule has 2 rings (SSSR count). The Bertz CT molecular complexity index is 546. The number of carbonyl (C=O) groups is 2. The zero-order valence-electron chi connectivity index (χ0n) is 11.3. The molecule has 1 N–H and O–H groups in total. The molecule has 0 radical (unpaired) electrons. The van der Waals surface area contributed by atoms with Crippen LogP contribution in [0.15, 0.2) is 11.5 Å². The molecule has 1 saturated heterocycles. The standard InChI is InChI=1S/C13H16N2O4S/c1-9-14-10(6-20-9)3-4-11(16)15-7-13(2,8-15)19-5-12(17)18/h3-4,6H,5,7-8H2,1-2H3,(H,17,18)/b4-3+. The van der Waals surface area contributed by atoms with Crippen molar-refractivity contribution < 1.29 is 19.4 Å². The summed E-state index contributed by atoms with van der Waals surface area (Å²) in [7, 11) is 0. The van der Waals surface area contributed by atoms with Gasteiger partial charge in [0.25, 0.3) is 0 Å². The number of hydrogen-bond acceptors (Lipinski definition) is 5. The molecular weight excluding hydrogens is 280 g/mol. The largest absolute Gasteiger partial charge is 0.480 e. The minimum absolute atomic E-state index is 0.118. The van der Waals surface area contributed by atoms with E-state index in [0.717, 1.165) is 10.7 Å². The van der Waals surface area contributed by atoms with E-state index in [4.69, 9.17) is 9.84 Å². The topological polar surface area (TPSA) is 79.7 Å². The fraction of sp³-hybridized carbons (Fsp3) is 0.462. The Hall–Kier alpha value is -1.73. The zero-order chi connectivity index (χ0) is 14.8. The molecule has 6 nitrogen and oxygen atoms in total. The summed E-state index contributed by atoms with van der Waals surface area (Å²) >= 11 is 1.53. The molecule has 7 heteroatoms. The van der Waals surface area contributed by atoms with Gasteiger partial charge >= 0.3 is 5.97 Å². The molecule has 0 aliphatic carbocycles. The van der Waals surface area contributed by atoms with E-state index in [-0.39, 0.29) is 12.5 Å². The number of hydrogen-bond donors (Lipinski definition) is 1. The normalized spacial score (nSPS) is 17.2. The highest BCUT2D eigenvalue weighted by Gasteiger charge is 2.42. The van der Waals surface area contributed by atoms with Gasteiger partial charge in [0, 0.05) is 11.5 Å². The predicted molar refractivity (Wildman–Crippen MR) is 74.5 cm³/mol. The average Bonchev–Trinajstić information content (AvgIpc) is 2.76. The number of thiazole rings is 1. The summed E-state index contributed by atoms with van der Waals surface area (Å²) in [5, 5.41) is 11.4. The molecule has 2 heterocycles. The number of aromatic nitrogens is 1. The summed E-state index contributed by atoms with van der Waals surface area (Å²) in [4.78, 5) is 28.2. The van der Waals surface area contributed by atoms with Crippen molar-refractivity contribution in [2.24, 2.45) is 0 Å². The average molecular weight is 296 g/mol. The van der Waals surface area contributed by atoms with Crippen LogP contribution in [-0.4, -0.2) is 52.2 Å². The smallest absolute Gasteiger partial charge is 0.329 e. The minimum Gasteiger partial charge on any atom is -0.480 e. The third kappa shape index (κ3) is 3.64. The molecule has 1 amide bonds. The first kappa shape index (κ1) is 14.7. The van der Waals surface area contributed by atoms with Crippen molar-refractivity contribution in [2.45, 2.75) is 19.4 Å². The predicted octanol–water partition coefficient (Wildman–Crippen LogP) is 1.17. The van der Waals surface area contributed by atoms with E-state index in [1.54, 1.807) is 17.9 Å². The highest BCUT2D eigenvalue weighted by Crippen LogP contribution is 2.25. The molecule has 0 aromatic carbocycles. The van der Waals surface area contributed by atoms with Crippen LogP contribution in [0.3, 0.4) is 0 Å². The first-order chi connectivity index (χ1) is 9.38. The molecule has 20 heavy (non-hydrogen) atoms. The lowest BCUT2D eigenvalue weighted by molar-refractivity contribution is -0.170. The molecule has 0 saturated carbocycles. The van der Waals surface area contributed by atoms with Crippen LogP contribution in [0, 0.1) is 6.92 Å². The van der Waals surface area contributed by atoms with E-state index in [2.05, 4.69) is 4.98 Å². The third-order valence-electron chi connectivity index (χ3n) is 2.94. The fourth-order valence-electron chi connectivity index (χ4n) is 1.96. The molecule has 108 valence electrons. The molecule has 0 bridgehead atoms. The van der Waals surface area contributed by atoms with Crippen LogP contribution >= 0.6 is 11.3 Å². The van der Waals surface area contributed by atoms with Crippen molar-refractivity contribution in [3.05, 3.63) is 22.2 Å². The molecule has 1 aromatic heterocycles. The van der Waals surface area contributed by atoms with Gasteiger partial charge in [-0.1, -0.05) is 0 Å². The number of nitrogens with zero attached hydrogens (tertiary/aromatic N) is 2. The van der Waals surface area contributed by atoms with Gasteiger partial charge in [0.1, 0.15) is 12.2 Å². The second-order valence-electron chi connectivity index (χ2n) is 4.95. The highest BCUT2D eigenvalue weighted by molar-refractivity contribution is 7.09. The van der Waals surface area contributed by atoms with Crippen molar-refractivity contribution in [3.63, 3.8) is 0 Å². The summed E-state index contributed by atoms with van der Waals surface area (Å²) in [6, 6.07) is 0. The summed E-state index contributed by atoms with van der Waals surface area (Å²) in [6.45, 7) is 4.17. The van der Waals surface area contributed by atoms with Gasteiger partial charge in [0.15, 0.2) is 0 Å². The van der Waals surface area contributed by atoms with E-state index in [1.807, 2.05) is 12.3 Å². The molecule has 1 aromatic rings. The Balaban J connectivity index is 1.81. The van der Waals surface area contributed by atoms with Gasteiger partial charge in [-0.3, -0.25) is 4.79 Å². The second kappa shape index (κ2) is 5.72. The minimum atomic E-state index is -1.00. The molecule has 0 spiro atoms. The third-order valence-corrected chi connectivity index (χ3v) is 3.73. The monoisotopic (exact) mass is 296 g/mol. The molecule has 0 unspecified atom stereocenters. The van der Waals surface area contributed by atoms with Gasteiger partial charge < -0.3 is 14.7 Å². The summed E-state index contributed by atoms with van der Waals surface area (Å²) in [5.41, 5.74) is 0.213. The van der Waals surface area contributed by atoms with Crippen LogP contribution < -0.4 is 0 Å². The Morgan fingerprint density at radius 2 is 2.30 bits per heavy atom. The van der Waals surface area contributed by atoms with Crippen LogP contribution in [0.1, 0.15) is 17.6 Å². The lowest BCUT2D eigenvalue weighted by Gasteiger charge is -2.46. The number of aliphatic carboxylic acids is 1. The zero-order valence-corrected chi connectivity index (χ0v) is 12.1. The van der Waals surface area contributed by atoms with Crippen LogP contribution in [0.5, 0.6) is 0 Å². The number of likely N-dealkylation sites (tertiary alicyclic amines) is 1. The first-order valence-corrected chi connectivity index (χ1v) is 7.01. The molecule has 1 aliphatic heterocycles. The Kier molecular flexibility index (Phi) is 4.20. The first-order valence-electron chi connectivity index (χ1n) is 6.13. The number of carboxylic acids is 1. The summed E-state index contributed by atoms with van der Waals surface area (Å²) < 4.78 is 5.25. The van der Waals surface area contributed by atoms with E-state index < -0.39 is 11.6 Å².